The number of carbonyl (C=O) groups excluding carboxylic acids is 1. The first-order valence-corrected chi connectivity index (χ1v) is 8.82. The summed E-state index contributed by atoms with van der Waals surface area (Å²) >= 11 is 3.22. The molecule has 9 heteroatoms. The fourth-order valence-electron chi connectivity index (χ4n) is 2.08. The molecule has 1 aliphatic heterocycles. The van der Waals surface area contributed by atoms with Gasteiger partial charge >= 0.3 is 6.03 Å². The van der Waals surface area contributed by atoms with E-state index in [4.69, 9.17) is 0 Å². The zero-order valence-corrected chi connectivity index (χ0v) is 14.0. The van der Waals surface area contributed by atoms with Crippen LogP contribution in [-0.4, -0.2) is 61.4 Å². The maximum Gasteiger partial charge on any atom is 0.317 e. The number of aromatic nitrogens is 1. The van der Waals surface area contributed by atoms with Crippen LogP contribution in [0.25, 0.3) is 0 Å². The first-order chi connectivity index (χ1) is 9.95. The minimum atomic E-state index is -3.56. The number of pyridine rings is 1. The number of carbonyl (C=O) groups is 1. The molecule has 0 atom stereocenters. The van der Waals surface area contributed by atoms with E-state index in [9.17, 15) is 13.2 Å². The largest absolute Gasteiger partial charge is 0.338 e. The predicted molar refractivity (Wildman–Crippen MR) is 81.3 cm³/mol. The number of sulfonamides is 1. The Kier molecular flexibility index (Phi) is 5.17. The molecule has 1 aromatic heterocycles. The number of nitrogens with one attached hydrogen (secondary N) is 1. The zero-order valence-electron chi connectivity index (χ0n) is 11.6. The van der Waals surface area contributed by atoms with Gasteiger partial charge in [-0.3, -0.25) is 4.98 Å². The van der Waals surface area contributed by atoms with Gasteiger partial charge in [-0.05, 0) is 28.9 Å². The number of hydrogen-bond acceptors (Lipinski definition) is 4. The van der Waals surface area contributed by atoms with E-state index in [0.29, 0.717) is 24.1 Å². The Bertz CT molecular complexity index is 615. The smallest absolute Gasteiger partial charge is 0.317 e. The van der Waals surface area contributed by atoms with Crippen LogP contribution in [0, 0.1) is 0 Å². The SMILES string of the molecule is CCNC(=O)N1CCN(S(=O)(=O)c2cncc(Br)c2)CC1. The van der Waals surface area contributed by atoms with Crippen molar-refractivity contribution in [3.05, 3.63) is 22.9 Å². The first-order valence-electron chi connectivity index (χ1n) is 6.58. The van der Waals surface area contributed by atoms with Gasteiger partial charge in [0, 0.05) is 49.6 Å². The van der Waals surface area contributed by atoms with E-state index in [1.807, 2.05) is 6.92 Å². The average molecular weight is 377 g/mol. The van der Waals surface area contributed by atoms with E-state index in [2.05, 4.69) is 26.2 Å². The lowest BCUT2D eigenvalue weighted by atomic mass is 10.4. The maximum atomic E-state index is 12.5. The van der Waals surface area contributed by atoms with Crippen LogP contribution in [-0.2, 0) is 10.0 Å². The second kappa shape index (κ2) is 6.71. The second-order valence-corrected chi connectivity index (χ2v) is 7.42. The Morgan fingerprint density at radius 1 is 1.33 bits per heavy atom. The molecule has 1 fully saturated rings. The van der Waals surface area contributed by atoms with E-state index in [-0.39, 0.29) is 24.0 Å². The highest BCUT2D eigenvalue weighted by atomic mass is 79.9. The molecule has 1 aromatic rings. The lowest BCUT2D eigenvalue weighted by Gasteiger charge is -2.33. The molecule has 2 amide bonds. The monoisotopic (exact) mass is 376 g/mol. The van der Waals surface area contributed by atoms with Crippen LogP contribution < -0.4 is 5.32 Å². The third-order valence-corrected chi connectivity index (χ3v) is 5.47. The van der Waals surface area contributed by atoms with Crippen LogP contribution in [0.2, 0.25) is 0 Å². The molecule has 0 aromatic carbocycles. The van der Waals surface area contributed by atoms with E-state index in [0.717, 1.165) is 0 Å². The molecule has 2 rings (SSSR count). The van der Waals surface area contributed by atoms with Crippen LogP contribution >= 0.6 is 15.9 Å². The molecule has 1 N–H and O–H groups in total. The second-order valence-electron chi connectivity index (χ2n) is 4.57. The summed E-state index contributed by atoms with van der Waals surface area (Å²) in [5, 5.41) is 2.71. The normalized spacial score (nSPS) is 16.8. The highest BCUT2D eigenvalue weighted by Gasteiger charge is 2.30. The number of rotatable bonds is 3. The van der Waals surface area contributed by atoms with Gasteiger partial charge in [0.05, 0.1) is 0 Å². The van der Waals surface area contributed by atoms with Gasteiger partial charge in [0.2, 0.25) is 10.0 Å². The van der Waals surface area contributed by atoms with E-state index in [1.54, 1.807) is 4.90 Å². The summed E-state index contributed by atoms with van der Waals surface area (Å²) in [5.74, 6) is 0. The summed E-state index contributed by atoms with van der Waals surface area (Å²) in [6.07, 6.45) is 2.86. The number of urea groups is 1. The minimum absolute atomic E-state index is 0.154. The molecule has 0 spiro atoms. The number of amides is 2. The summed E-state index contributed by atoms with van der Waals surface area (Å²) < 4.78 is 27.0. The molecule has 0 radical (unpaired) electrons. The van der Waals surface area contributed by atoms with E-state index in [1.165, 1.54) is 22.8 Å². The van der Waals surface area contributed by atoms with Crippen molar-refractivity contribution in [1.82, 2.24) is 19.5 Å². The van der Waals surface area contributed by atoms with Crippen LogP contribution in [0.3, 0.4) is 0 Å². The summed E-state index contributed by atoms with van der Waals surface area (Å²) in [7, 11) is -3.56. The van der Waals surface area contributed by atoms with Crippen LogP contribution in [0.5, 0.6) is 0 Å². The Balaban J connectivity index is 2.06. The molecular weight excluding hydrogens is 360 g/mol. The minimum Gasteiger partial charge on any atom is -0.338 e. The number of nitrogens with zero attached hydrogens (tertiary/aromatic N) is 3. The van der Waals surface area contributed by atoms with Gasteiger partial charge in [-0.1, -0.05) is 0 Å². The molecule has 0 aliphatic carbocycles. The van der Waals surface area contributed by atoms with Gasteiger partial charge in [0.1, 0.15) is 4.90 Å². The zero-order chi connectivity index (χ0) is 15.5. The van der Waals surface area contributed by atoms with Crippen LogP contribution in [0.15, 0.2) is 27.8 Å². The molecule has 1 aliphatic rings. The van der Waals surface area contributed by atoms with Crippen molar-refractivity contribution in [2.75, 3.05) is 32.7 Å². The van der Waals surface area contributed by atoms with E-state index >= 15 is 0 Å². The number of hydrogen-bond donors (Lipinski definition) is 1. The topological polar surface area (TPSA) is 82.6 Å². The quantitative estimate of drug-likeness (QED) is 0.848. The van der Waals surface area contributed by atoms with Crippen LogP contribution in [0.4, 0.5) is 4.79 Å². The molecule has 0 saturated carbocycles. The molecular formula is C12H17BrN4O3S. The summed E-state index contributed by atoms with van der Waals surface area (Å²) in [6, 6.07) is 1.37. The van der Waals surface area contributed by atoms with Crippen molar-refractivity contribution in [3.63, 3.8) is 0 Å². The third-order valence-electron chi connectivity index (χ3n) is 3.17. The molecule has 2 heterocycles. The lowest BCUT2D eigenvalue weighted by Crippen LogP contribution is -2.53. The highest BCUT2D eigenvalue weighted by molar-refractivity contribution is 9.10. The van der Waals surface area contributed by atoms with Crippen molar-refractivity contribution in [2.24, 2.45) is 0 Å². The predicted octanol–water partition coefficient (Wildman–Crippen LogP) is 0.880. The molecule has 7 nitrogen and oxygen atoms in total. The third kappa shape index (κ3) is 3.72. The Morgan fingerprint density at radius 3 is 2.57 bits per heavy atom. The first kappa shape index (κ1) is 16.2. The number of halogens is 1. The summed E-state index contributed by atoms with van der Waals surface area (Å²) in [4.78, 5) is 17.4. The van der Waals surface area contributed by atoms with Crippen molar-refractivity contribution in [3.8, 4) is 0 Å². The summed E-state index contributed by atoms with van der Waals surface area (Å²) in [6.45, 7) is 3.73. The molecule has 1 saturated heterocycles. The van der Waals surface area contributed by atoms with E-state index < -0.39 is 10.0 Å². The van der Waals surface area contributed by atoms with Gasteiger partial charge in [-0.2, -0.15) is 4.31 Å². The molecule has 116 valence electrons. The fraction of sp³-hybridized carbons (Fsp3) is 0.500. The Morgan fingerprint density at radius 2 is 2.00 bits per heavy atom. The highest BCUT2D eigenvalue weighted by Crippen LogP contribution is 2.19. The standard InChI is InChI=1S/C12H17BrN4O3S/c1-2-15-12(18)16-3-5-17(6-4-16)21(19,20)11-7-10(13)8-14-9-11/h7-9H,2-6H2,1H3,(H,15,18). The van der Waals surface area contributed by atoms with Gasteiger partial charge in [0.25, 0.3) is 0 Å². The van der Waals surface area contributed by atoms with Crippen molar-refractivity contribution in [1.29, 1.82) is 0 Å². The molecule has 21 heavy (non-hydrogen) atoms. The van der Waals surface area contributed by atoms with Gasteiger partial charge in [-0.15, -0.1) is 0 Å². The maximum absolute atomic E-state index is 12.5. The van der Waals surface area contributed by atoms with Crippen LogP contribution in [0.1, 0.15) is 6.92 Å². The number of piperazine rings is 1. The van der Waals surface area contributed by atoms with Gasteiger partial charge in [-0.25, -0.2) is 13.2 Å². The average Bonchev–Trinajstić information content (AvgIpc) is 2.47. The van der Waals surface area contributed by atoms with Gasteiger partial charge in [0.15, 0.2) is 0 Å². The Hall–Kier alpha value is -1.19. The lowest BCUT2D eigenvalue weighted by molar-refractivity contribution is 0.173. The van der Waals surface area contributed by atoms with Crippen molar-refractivity contribution >= 4 is 32.0 Å². The van der Waals surface area contributed by atoms with Crippen molar-refractivity contribution < 1.29 is 13.2 Å². The fourth-order valence-corrected chi connectivity index (χ4v) is 4.01. The summed E-state index contributed by atoms with van der Waals surface area (Å²) in [5.41, 5.74) is 0. The Labute approximate surface area is 132 Å². The van der Waals surface area contributed by atoms with Crippen molar-refractivity contribution in [2.45, 2.75) is 11.8 Å². The molecule has 0 unspecified atom stereocenters. The molecule has 0 bridgehead atoms. The van der Waals surface area contributed by atoms with Gasteiger partial charge < -0.3 is 10.2 Å².